The summed E-state index contributed by atoms with van der Waals surface area (Å²) in [5.74, 6) is 0. The Bertz CT molecular complexity index is 564. The van der Waals surface area contributed by atoms with E-state index in [0.717, 1.165) is 0 Å². The molecule has 12 nitrogen and oxygen atoms in total. The molecule has 18 heavy (non-hydrogen) atoms. The van der Waals surface area contributed by atoms with Gasteiger partial charge in [-0.05, 0) is 29.0 Å². The van der Waals surface area contributed by atoms with Gasteiger partial charge in [0.1, 0.15) is 0 Å². The Morgan fingerprint density at radius 1 is 1.06 bits per heavy atom. The zero-order valence-corrected chi connectivity index (χ0v) is 10.3. The molecule has 0 saturated carbocycles. The maximum absolute atomic E-state index is 11.0. The maximum Gasteiger partial charge on any atom is 0.299 e. The summed E-state index contributed by atoms with van der Waals surface area (Å²) in [5, 5.41) is 5.46. The van der Waals surface area contributed by atoms with Crippen LogP contribution in [0.15, 0.2) is 10.2 Å². The highest BCUT2D eigenvalue weighted by Crippen LogP contribution is 2.30. The first-order chi connectivity index (χ1) is 8.12. The number of nitrogens with zero attached hydrogens (tertiary/aromatic N) is 6. The Morgan fingerprint density at radius 2 is 1.56 bits per heavy atom. The molecule has 0 unspecified atom stereocenters. The maximum atomic E-state index is 11.0. The zero-order valence-electron chi connectivity index (χ0n) is 8.65. The molecule has 0 rings (SSSR count). The van der Waals surface area contributed by atoms with E-state index in [-0.39, 0.29) is 13.0 Å². The Kier molecular flexibility index (Phi) is 5.35. The summed E-state index contributed by atoms with van der Waals surface area (Å²) in [5.41, 5.74) is 16.1. The van der Waals surface area contributed by atoms with Gasteiger partial charge in [0, 0.05) is 16.4 Å². The van der Waals surface area contributed by atoms with Crippen LogP contribution in [0, 0.1) is 0 Å². The summed E-state index contributed by atoms with van der Waals surface area (Å²) >= 11 is 0. The second kappa shape index (κ2) is 5.86. The first-order valence-electron chi connectivity index (χ1n) is 4.13. The lowest BCUT2D eigenvalue weighted by molar-refractivity contribution is 0.412. The van der Waals surface area contributed by atoms with E-state index in [9.17, 15) is 16.8 Å². The second-order valence-corrected chi connectivity index (χ2v) is 6.42. The molecule has 0 heterocycles. The van der Waals surface area contributed by atoms with Gasteiger partial charge < -0.3 is 0 Å². The summed E-state index contributed by atoms with van der Waals surface area (Å²) in [6, 6.07) is 0. The van der Waals surface area contributed by atoms with Gasteiger partial charge in [0.15, 0.2) is 0 Å². The van der Waals surface area contributed by atoms with Gasteiger partial charge in [-0.1, -0.05) is 5.11 Å². The molecule has 0 aromatic carbocycles. The van der Waals surface area contributed by atoms with Gasteiger partial charge in [-0.2, -0.15) is 16.8 Å². The third-order valence-corrected chi connectivity index (χ3v) is 5.26. The zero-order chi connectivity index (χ0) is 14.4. The van der Waals surface area contributed by atoms with Crippen LogP contribution in [0.4, 0.5) is 0 Å². The van der Waals surface area contributed by atoms with E-state index in [4.69, 9.17) is 20.2 Å². The molecule has 0 radical (unpaired) electrons. The van der Waals surface area contributed by atoms with Crippen molar-refractivity contribution in [2.45, 2.75) is 17.0 Å². The molecular weight excluding hydrogens is 292 g/mol. The van der Waals surface area contributed by atoms with Crippen molar-refractivity contribution >= 4 is 20.2 Å². The van der Waals surface area contributed by atoms with Crippen LogP contribution in [-0.4, -0.2) is 36.7 Å². The lowest BCUT2D eigenvalue weighted by Crippen LogP contribution is -2.43. The molecule has 14 heteroatoms. The molecule has 0 saturated heterocycles. The molecule has 0 aliphatic heterocycles. The van der Waals surface area contributed by atoms with Gasteiger partial charge in [0.2, 0.25) is 0 Å². The number of azide groups is 2. The molecule has 0 atom stereocenters. The third kappa shape index (κ3) is 3.46. The van der Waals surface area contributed by atoms with Crippen LogP contribution in [0.3, 0.4) is 0 Å². The number of hydrogen-bond donors (Lipinski definition) is 2. The summed E-state index contributed by atoms with van der Waals surface area (Å²) in [6.45, 7) is -0.315. The van der Waals surface area contributed by atoms with E-state index in [1.807, 2.05) is 4.91 Å². The van der Waals surface area contributed by atoms with Crippen molar-refractivity contribution in [2.75, 3.05) is 6.54 Å². The fourth-order valence-corrected chi connectivity index (χ4v) is 3.18. The first-order valence-corrected chi connectivity index (χ1v) is 7.01. The predicted octanol–water partition coefficient (Wildman–Crippen LogP) is 0.817. The molecule has 0 aliphatic carbocycles. The monoisotopic (exact) mass is 300 g/mol. The lowest BCUT2D eigenvalue weighted by Gasteiger charge is -2.21. The fraction of sp³-hybridized carbons (Fsp3) is 1.00. The number of rotatable bonds is 7. The lowest BCUT2D eigenvalue weighted by atomic mass is 10.3. The average Bonchev–Trinajstić information content (AvgIpc) is 2.19. The van der Waals surface area contributed by atoms with E-state index in [2.05, 4.69) is 15.1 Å². The van der Waals surface area contributed by atoms with Crippen LogP contribution in [0.2, 0.25) is 0 Å². The fourth-order valence-electron chi connectivity index (χ4n) is 1.03. The van der Waals surface area contributed by atoms with E-state index < -0.39 is 30.9 Å². The summed E-state index contributed by atoms with van der Waals surface area (Å²) in [7, 11) is -10.9. The van der Waals surface area contributed by atoms with Crippen molar-refractivity contribution in [3.63, 3.8) is 0 Å². The Labute approximate surface area is 101 Å². The predicted molar refractivity (Wildman–Crippen MR) is 58.2 cm³/mol. The first kappa shape index (κ1) is 16.4. The topological polar surface area (TPSA) is 206 Å². The highest BCUT2D eigenvalue weighted by Gasteiger charge is 2.54. The molecule has 0 aliphatic rings. The van der Waals surface area contributed by atoms with Gasteiger partial charge in [-0.3, -0.25) is 9.11 Å². The van der Waals surface area contributed by atoms with Crippen molar-refractivity contribution in [2.24, 2.45) is 10.2 Å². The summed E-state index contributed by atoms with van der Waals surface area (Å²) in [4.78, 5) is 4.31. The molecule has 0 spiro atoms. The van der Waals surface area contributed by atoms with Gasteiger partial charge in [0.25, 0.3) is 24.4 Å². The minimum Gasteiger partial charge on any atom is -0.284 e. The van der Waals surface area contributed by atoms with Crippen LogP contribution < -0.4 is 0 Å². The van der Waals surface area contributed by atoms with Crippen molar-refractivity contribution < 1.29 is 25.9 Å². The normalized spacial score (nSPS) is 12.3. The molecule has 2 N–H and O–H groups in total. The summed E-state index contributed by atoms with van der Waals surface area (Å²) < 4.78 is 58.2. The Hall–Kier alpha value is -1.56. The highest BCUT2D eigenvalue weighted by atomic mass is 32.3. The van der Waals surface area contributed by atoms with Crippen LogP contribution in [-0.2, 0) is 20.2 Å². The van der Waals surface area contributed by atoms with Crippen LogP contribution in [0.25, 0.3) is 20.9 Å². The summed E-state index contributed by atoms with van der Waals surface area (Å²) in [6.07, 6.45) is -1.32. The largest absolute Gasteiger partial charge is 0.299 e. The van der Waals surface area contributed by atoms with Gasteiger partial charge in [-0.25, -0.2) is 0 Å². The quantitative estimate of drug-likeness (QED) is 0.228. The van der Waals surface area contributed by atoms with E-state index in [1.165, 1.54) is 0 Å². The van der Waals surface area contributed by atoms with Gasteiger partial charge in [0.05, 0.1) is 0 Å². The Morgan fingerprint density at radius 3 is 1.89 bits per heavy atom. The third-order valence-electron chi connectivity index (χ3n) is 1.82. The average molecular weight is 300 g/mol. The molecule has 0 bridgehead atoms. The minimum absolute atomic E-state index is 0.315. The van der Waals surface area contributed by atoms with Crippen LogP contribution in [0.1, 0.15) is 12.8 Å². The van der Waals surface area contributed by atoms with Crippen LogP contribution in [0.5, 0.6) is 0 Å². The van der Waals surface area contributed by atoms with Crippen LogP contribution >= 0.6 is 0 Å². The standard InChI is InChI=1S/C4H8N6O6S2/c5-9-7-3-1-2-4(8-10-6,17(11,12)13)18(14,15)16/h1-3H2,(H,11,12,13)(H,14,15,16). The van der Waals surface area contributed by atoms with Crippen molar-refractivity contribution in [3.05, 3.63) is 20.9 Å². The molecule has 102 valence electrons. The molecule has 0 aromatic heterocycles. The Balaban J connectivity index is 5.67. The van der Waals surface area contributed by atoms with E-state index in [0.29, 0.717) is 0 Å². The van der Waals surface area contributed by atoms with Crippen molar-refractivity contribution in [1.82, 2.24) is 0 Å². The SMILES string of the molecule is [N-]=[N+]=NCCCC(N=[N+]=[N-])(S(=O)(=O)O)S(=O)(=O)O. The van der Waals surface area contributed by atoms with Gasteiger partial charge >= 0.3 is 0 Å². The van der Waals surface area contributed by atoms with E-state index in [1.54, 1.807) is 0 Å². The smallest absolute Gasteiger partial charge is 0.284 e. The highest BCUT2D eigenvalue weighted by molar-refractivity contribution is 8.05. The van der Waals surface area contributed by atoms with Crippen molar-refractivity contribution in [3.8, 4) is 0 Å². The molecule has 0 aromatic rings. The minimum atomic E-state index is -5.43. The number of hydrogen-bond acceptors (Lipinski definition) is 6. The van der Waals surface area contributed by atoms with Gasteiger partial charge in [-0.15, -0.1) is 0 Å². The molecule has 0 fully saturated rings. The molecular formula is C4H8N6O6S2. The van der Waals surface area contributed by atoms with Crippen molar-refractivity contribution in [1.29, 1.82) is 0 Å². The second-order valence-electron chi connectivity index (χ2n) is 2.91. The molecule has 0 amide bonds. The van der Waals surface area contributed by atoms with E-state index >= 15 is 0 Å².